The van der Waals surface area contributed by atoms with Crippen molar-refractivity contribution >= 4 is 17.6 Å². The van der Waals surface area contributed by atoms with E-state index in [9.17, 15) is 4.79 Å². The predicted molar refractivity (Wildman–Crippen MR) is 69.2 cm³/mol. The lowest BCUT2D eigenvalue weighted by Gasteiger charge is -2.01. The molecule has 1 aromatic carbocycles. The molecule has 17 heavy (non-hydrogen) atoms. The number of nitrogens with two attached hydrogens (primary N) is 2. The Morgan fingerprint density at radius 2 is 1.76 bits per heavy atom. The summed E-state index contributed by atoms with van der Waals surface area (Å²) in [5.74, 6) is -0.368. The summed E-state index contributed by atoms with van der Waals surface area (Å²) in [5.41, 5.74) is 11.5. The van der Waals surface area contributed by atoms with Crippen molar-refractivity contribution in [2.75, 3.05) is 6.61 Å². The van der Waals surface area contributed by atoms with Gasteiger partial charge in [0.2, 0.25) is 0 Å². The Hall–Kier alpha value is -2.04. The summed E-state index contributed by atoms with van der Waals surface area (Å²) >= 11 is 0. The highest BCUT2D eigenvalue weighted by Gasteiger charge is 2.04. The third-order valence-corrected chi connectivity index (χ3v) is 1.64. The highest BCUT2D eigenvalue weighted by molar-refractivity contribution is 5.90. The Labute approximate surface area is 101 Å². The van der Waals surface area contributed by atoms with Gasteiger partial charge in [-0.2, -0.15) is 0 Å². The minimum atomic E-state index is -0.353. The lowest BCUT2D eigenvalue weighted by atomic mass is 10.2. The number of hydrogen-bond donors (Lipinski definition) is 2. The number of hydrogen-bond acceptors (Lipinski definition) is 3. The van der Waals surface area contributed by atoms with Gasteiger partial charge >= 0.3 is 5.97 Å². The van der Waals surface area contributed by atoms with Gasteiger partial charge in [0.05, 0.1) is 17.9 Å². The maximum absolute atomic E-state index is 11.3. The molecule has 0 fully saturated rings. The van der Waals surface area contributed by atoms with Crippen LogP contribution in [0.4, 0.5) is 5.69 Å². The summed E-state index contributed by atoms with van der Waals surface area (Å²) in [5, 5.41) is 0. The number of rotatable bonds is 3. The molecule has 94 valence electrons. The molecule has 5 heteroatoms. The Balaban J connectivity index is 0.00000121. The van der Waals surface area contributed by atoms with Crippen molar-refractivity contribution in [1.29, 1.82) is 0 Å². The van der Waals surface area contributed by atoms with Gasteiger partial charge < -0.3 is 16.2 Å². The van der Waals surface area contributed by atoms with Crippen LogP contribution in [0.2, 0.25) is 0 Å². The minimum Gasteiger partial charge on any atom is -0.462 e. The van der Waals surface area contributed by atoms with E-state index in [-0.39, 0.29) is 11.9 Å². The second-order valence-electron chi connectivity index (χ2n) is 2.80. The summed E-state index contributed by atoms with van der Waals surface area (Å²) in [7, 11) is 0. The number of benzene rings is 1. The Morgan fingerprint density at radius 1 is 1.24 bits per heavy atom. The molecule has 0 unspecified atom stereocenters. The third-order valence-electron chi connectivity index (χ3n) is 1.64. The molecule has 5 nitrogen and oxygen atoms in total. The van der Waals surface area contributed by atoms with Gasteiger partial charge in [-0.3, -0.25) is 0 Å². The van der Waals surface area contributed by atoms with Crippen LogP contribution in [-0.4, -0.2) is 18.5 Å². The van der Waals surface area contributed by atoms with E-state index >= 15 is 0 Å². The SMILES string of the molecule is CC.CCOC(=O)c1ccc(N=C(N)N)cc1. The average molecular weight is 237 g/mol. The molecule has 0 amide bonds. The van der Waals surface area contributed by atoms with Gasteiger partial charge in [-0.15, -0.1) is 0 Å². The number of guanidine groups is 1. The quantitative estimate of drug-likeness (QED) is 0.476. The first kappa shape index (κ1) is 15.0. The molecule has 0 heterocycles. The molecule has 4 N–H and O–H groups in total. The third kappa shape index (κ3) is 5.55. The van der Waals surface area contributed by atoms with Crippen LogP contribution >= 0.6 is 0 Å². The van der Waals surface area contributed by atoms with E-state index < -0.39 is 0 Å². The largest absolute Gasteiger partial charge is 0.462 e. The van der Waals surface area contributed by atoms with Crippen LogP contribution in [0, 0.1) is 0 Å². The Bertz CT molecular complexity index is 368. The number of nitrogens with zero attached hydrogens (tertiary/aromatic N) is 1. The van der Waals surface area contributed by atoms with Crippen molar-refractivity contribution < 1.29 is 9.53 Å². The molecule has 0 atom stereocenters. The predicted octanol–water partition coefficient (Wildman–Crippen LogP) is 1.79. The first-order valence-corrected chi connectivity index (χ1v) is 5.50. The molecule has 0 aliphatic carbocycles. The van der Waals surface area contributed by atoms with Crippen molar-refractivity contribution in [2.45, 2.75) is 20.8 Å². The van der Waals surface area contributed by atoms with Crippen LogP contribution < -0.4 is 11.5 Å². The van der Waals surface area contributed by atoms with Crippen molar-refractivity contribution in [3.05, 3.63) is 29.8 Å². The highest BCUT2D eigenvalue weighted by atomic mass is 16.5. The van der Waals surface area contributed by atoms with E-state index in [2.05, 4.69) is 4.99 Å². The topological polar surface area (TPSA) is 90.7 Å². The fraction of sp³-hybridized carbons (Fsp3) is 0.333. The van der Waals surface area contributed by atoms with Crippen molar-refractivity contribution in [2.24, 2.45) is 16.5 Å². The fourth-order valence-corrected chi connectivity index (χ4v) is 1.04. The number of esters is 1. The number of carbonyl (C=O) groups is 1. The summed E-state index contributed by atoms with van der Waals surface area (Å²) in [6, 6.07) is 6.51. The molecule has 0 spiro atoms. The van der Waals surface area contributed by atoms with E-state index in [0.717, 1.165) is 0 Å². The maximum Gasteiger partial charge on any atom is 0.338 e. The molecular weight excluding hydrogens is 218 g/mol. The van der Waals surface area contributed by atoms with E-state index in [1.54, 1.807) is 31.2 Å². The van der Waals surface area contributed by atoms with Gasteiger partial charge in [0.1, 0.15) is 0 Å². The maximum atomic E-state index is 11.3. The van der Waals surface area contributed by atoms with Crippen LogP contribution in [0.15, 0.2) is 29.3 Å². The highest BCUT2D eigenvalue weighted by Crippen LogP contribution is 2.13. The van der Waals surface area contributed by atoms with E-state index in [1.165, 1.54) is 0 Å². The fourth-order valence-electron chi connectivity index (χ4n) is 1.04. The van der Waals surface area contributed by atoms with E-state index in [4.69, 9.17) is 16.2 Å². The zero-order chi connectivity index (χ0) is 13.3. The van der Waals surface area contributed by atoms with Gasteiger partial charge in [0.15, 0.2) is 5.96 Å². The van der Waals surface area contributed by atoms with Crippen molar-refractivity contribution in [3.63, 3.8) is 0 Å². The molecule has 0 saturated carbocycles. The zero-order valence-electron chi connectivity index (χ0n) is 10.4. The molecular formula is C12H19N3O2. The van der Waals surface area contributed by atoms with Crippen LogP contribution in [0.5, 0.6) is 0 Å². The molecule has 0 saturated heterocycles. The molecule has 0 bridgehead atoms. The molecule has 0 aliphatic heterocycles. The van der Waals surface area contributed by atoms with Crippen LogP contribution in [0.3, 0.4) is 0 Å². The Kier molecular flexibility index (Phi) is 7.17. The van der Waals surface area contributed by atoms with Gasteiger partial charge in [0.25, 0.3) is 0 Å². The van der Waals surface area contributed by atoms with Crippen molar-refractivity contribution in [1.82, 2.24) is 0 Å². The lowest BCUT2D eigenvalue weighted by molar-refractivity contribution is 0.0526. The molecule has 0 aliphatic rings. The lowest BCUT2D eigenvalue weighted by Crippen LogP contribution is -2.21. The Morgan fingerprint density at radius 3 is 2.18 bits per heavy atom. The minimum absolute atomic E-state index is 0.0149. The second kappa shape index (κ2) is 8.15. The van der Waals surface area contributed by atoms with E-state index in [1.807, 2.05) is 13.8 Å². The summed E-state index contributed by atoms with van der Waals surface area (Å²) in [6.07, 6.45) is 0. The molecule has 1 rings (SSSR count). The zero-order valence-corrected chi connectivity index (χ0v) is 10.4. The van der Waals surface area contributed by atoms with Crippen LogP contribution in [-0.2, 0) is 4.74 Å². The monoisotopic (exact) mass is 237 g/mol. The standard InChI is InChI=1S/C10H13N3O2.C2H6/c1-2-15-9(14)7-3-5-8(6-4-7)13-10(11)12;1-2/h3-6H,2H2,1H3,(H4,11,12,13);1-2H3. The van der Waals surface area contributed by atoms with Gasteiger partial charge in [-0.1, -0.05) is 13.8 Å². The van der Waals surface area contributed by atoms with Gasteiger partial charge in [0, 0.05) is 0 Å². The molecule has 0 radical (unpaired) electrons. The van der Waals surface area contributed by atoms with Gasteiger partial charge in [-0.05, 0) is 31.2 Å². The van der Waals surface area contributed by atoms with Crippen molar-refractivity contribution in [3.8, 4) is 0 Å². The first-order valence-electron chi connectivity index (χ1n) is 5.50. The second-order valence-corrected chi connectivity index (χ2v) is 2.80. The molecule has 1 aromatic rings. The summed E-state index contributed by atoms with van der Waals surface area (Å²) in [6.45, 7) is 6.11. The van der Waals surface area contributed by atoms with Crippen LogP contribution in [0.25, 0.3) is 0 Å². The van der Waals surface area contributed by atoms with Gasteiger partial charge in [-0.25, -0.2) is 9.79 Å². The number of ether oxygens (including phenoxy) is 1. The normalized spacial score (nSPS) is 8.65. The first-order chi connectivity index (χ1) is 8.13. The summed E-state index contributed by atoms with van der Waals surface area (Å²) in [4.78, 5) is 15.1. The summed E-state index contributed by atoms with van der Waals surface area (Å²) < 4.78 is 4.82. The average Bonchev–Trinajstić information content (AvgIpc) is 2.32. The van der Waals surface area contributed by atoms with Crippen LogP contribution in [0.1, 0.15) is 31.1 Å². The molecule has 0 aromatic heterocycles. The number of carbonyl (C=O) groups excluding carboxylic acids is 1. The smallest absolute Gasteiger partial charge is 0.338 e. The number of aliphatic imine (C=N–C) groups is 1. The van der Waals surface area contributed by atoms with E-state index in [0.29, 0.717) is 17.9 Å².